The molecule has 0 aromatic heterocycles. The van der Waals surface area contributed by atoms with Crippen LogP contribution >= 0.6 is 11.6 Å². The summed E-state index contributed by atoms with van der Waals surface area (Å²) in [6.07, 6.45) is 0. The van der Waals surface area contributed by atoms with Crippen molar-refractivity contribution >= 4 is 11.6 Å². The lowest BCUT2D eigenvalue weighted by atomic mass is 9.90. The Morgan fingerprint density at radius 1 is 1.35 bits per heavy atom. The van der Waals surface area contributed by atoms with Crippen molar-refractivity contribution in [3.05, 3.63) is 34.9 Å². The third-order valence-electron chi connectivity index (χ3n) is 3.47. The van der Waals surface area contributed by atoms with Crippen LogP contribution in [0.3, 0.4) is 0 Å². The molecule has 3 nitrogen and oxygen atoms in total. The average molecular weight is 256 g/mol. The summed E-state index contributed by atoms with van der Waals surface area (Å²) in [7, 11) is 0. The zero-order valence-corrected chi connectivity index (χ0v) is 10.8. The van der Waals surface area contributed by atoms with Crippen molar-refractivity contribution in [2.75, 3.05) is 32.9 Å². The molecule has 0 bridgehead atoms. The van der Waals surface area contributed by atoms with E-state index in [1.165, 1.54) is 0 Å². The monoisotopic (exact) mass is 255 g/mol. The van der Waals surface area contributed by atoms with E-state index < -0.39 is 5.54 Å². The molecule has 1 aliphatic rings. The van der Waals surface area contributed by atoms with Gasteiger partial charge in [0.15, 0.2) is 0 Å². The van der Waals surface area contributed by atoms with Crippen molar-refractivity contribution in [1.82, 2.24) is 4.90 Å². The molecule has 1 aromatic rings. The van der Waals surface area contributed by atoms with Crippen LogP contribution in [-0.2, 0) is 10.3 Å². The highest BCUT2D eigenvalue weighted by Crippen LogP contribution is 2.33. The standard InChI is InChI=1S/C13H18ClNO2/c1-13(10-16,15-6-8-17-9-7-15)11-4-2-3-5-12(11)14/h2-5,16H,6-10H2,1H3/t13-/m1/s1. The summed E-state index contributed by atoms with van der Waals surface area (Å²) >= 11 is 6.24. The molecule has 4 heteroatoms. The summed E-state index contributed by atoms with van der Waals surface area (Å²) in [5.74, 6) is 0. The second-order valence-electron chi connectivity index (χ2n) is 4.51. The molecule has 1 fully saturated rings. The second kappa shape index (κ2) is 5.36. The predicted molar refractivity (Wildman–Crippen MR) is 68.3 cm³/mol. The van der Waals surface area contributed by atoms with E-state index in [0.29, 0.717) is 18.2 Å². The summed E-state index contributed by atoms with van der Waals surface area (Å²) in [5.41, 5.74) is 0.549. The van der Waals surface area contributed by atoms with Gasteiger partial charge in [-0.2, -0.15) is 0 Å². The van der Waals surface area contributed by atoms with Gasteiger partial charge in [0, 0.05) is 18.1 Å². The minimum Gasteiger partial charge on any atom is -0.394 e. The van der Waals surface area contributed by atoms with Gasteiger partial charge in [0.1, 0.15) is 0 Å². The molecule has 0 unspecified atom stereocenters. The van der Waals surface area contributed by atoms with E-state index in [-0.39, 0.29) is 6.61 Å². The average Bonchev–Trinajstić information content (AvgIpc) is 2.39. The Kier molecular flexibility index (Phi) is 4.05. The first-order chi connectivity index (χ1) is 8.18. The Balaban J connectivity index is 2.32. The van der Waals surface area contributed by atoms with Gasteiger partial charge in [0.25, 0.3) is 0 Å². The molecule has 17 heavy (non-hydrogen) atoms. The van der Waals surface area contributed by atoms with E-state index >= 15 is 0 Å². The highest BCUT2D eigenvalue weighted by atomic mass is 35.5. The van der Waals surface area contributed by atoms with Crippen LogP contribution in [0.1, 0.15) is 12.5 Å². The van der Waals surface area contributed by atoms with Crippen LogP contribution in [0.15, 0.2) is 24.3 Å². The Bertz CT molecular complexity index is 379. The van der Waals surface area contributed by atoms with Crippen molar-refractivity contribution in [2.24, 2.45) is 0 Å². The summed E-state index contributed by atoms with van der Waals surface area (Å²) in [6, 6.07) is 7.71. The third kappa shape index (κ3) is 2.47. The van der Waals surface area contributed by atoms with Crippen molar-refractivity contribution < 1.29 is 9.84 Å². The van der Waals surface area contributed by atoms with Crippen LogP contribution in [0.5, 0.6) is 0 Å². The van der Waals surface area contributed by atoms with E-state index in [2.05, 4.69) is 4.90 Å². The van der Waals surface area contributed by atoms with E-state index in [1.54, 1.807) is 0 Å². The largest absolute Gasteiger partial charge is 0.394 e. The number of aliphatic hydroxyl groups is 1. The van der Waals surface area contributed by atoms with Gasteiger partial charge in [-0.1, -0.05) is 29.8 Å². The van der Waals surface area contributed by atoms with Crippen LogP contribution in [0, 0.1) is 0 Å². The summed E-state index contributed by atoms with van der Waals surface area (Å²) in [5, 5.41) is 10.5. The van der Waals surface area contributed by atoms with Crippen LogP contribution in [-0.4, -0.2) is 42.9 Å². The third-order valence-corrected chi connectivity index (χ3v) is 3.80. The molecule has 0 aliphatic carbocycles. The fraction of sp³-hybridized carbons (Fsp3) is 0.538. The van der Waals surface area contributed by atoms with Gasteiger partial charge in [0.05, 0.1) is 25.4 Å². The number of halogens is 1. The highest BCUT2D eigenvalue weighted by Gasteiger charge is 2.35. The lowest BCUT2D eigenvalue weighted by Crippen LogP contribution is -2.51. The van der Waals surface area contributed by atoms with E-state index in [1.807, 2.05) is 31.2 Å². The molecule has 0 amide bonds. The van der Waals surface area contributed by atoms with Crippen molar-refractivity contribution in [2.45, 2.75) is 12.5 Å². The predicted octanol–water partition coefficient (Wildman–Crippen LogP) is 1.88. The zero-order chi connectivity index (χ0) is 12.3. The minimum absolute atomic E-state index is 0.0523. The zero-order valence-electron chi connectivity index (χ0n) is 10.0. The molecule has 1 N–H and O–H groups in total. The highest BCUT2D eigenvalue weighted by molar-refractivity contribution is 6.31. The van der Waals surface area contributed by atoms with Crippen LogP contribution in [0.2, 0.25) is 5.02 Å². The molecule has 1 heterocycles. The minimum atomic E-state index is -0.428. The first-order valence-corrected chi connectivity index (χ1v) is 6.25. The molecule has 0 saturated carbocycles. The maximum Gasteiger partial charge on any atom is 0.0681 e. The van der Waals surface area contributed by atoms with E-state index in [0.717, 1.165) is 18.7 Å². The molecular formula is C13H18ClNO2. The topological polar surface area (TPSA) is 32.7 Å². The number of morpholine rings is 1. The summed E-state index contributed by atoms with van der Waals surface area (Å²) < 4.78 is 5.35. The van der Waals surface area contributed by atoms with Gasteiger partial charge >= 0.3 is 0 Å². The normalized spacial score (nSPS) is 21.1. The first-order valence-electron chi connectivity index (χ1n) is 5.87. The van der Waals surface area contributed by atoms with Gasteiger partial charge < -0.3 is 9.84 Å². The molecular weight excluding hydrogens is 238 g/mol. The number of aliphatic hydroxyl groups excluding tert-OH is 1. The molecule has 1 aromatic carbocycles. The van der Waals surface area contributed by atoms with E-state index in [4.69, 9.17) is 16.3 Å². The number of benzene rings is 1. The number of rotatable bonds is 3. The van der Waals surface area contributed by atoms with Gasteiger partial charge in [0.2, 0.25) is 0 Å². The molecule has 1 saturated heterocycles. The number of hydrogen-bond donors (Lipinski definition) is 1. The van der Waals surface area contributed by atoms with E-state index in [9.17, 15) is 5.11 Å². The van der Waals surface area contributed by atoms with Crippen LogP contribution in [0.4, 0.5) is 0 Å². The fourth-order valence-electron chi connectivity index (χ4n) is 2.31. The van der Waals surface area contributed by atoms with Gasteiger partial charge in [-0.05, 0) is 18.6 Å². The second-order valence-corrected chi connectivity index (χ2v) is 4.92. The lowest BCUT2D eigenvalue weighted by molar-refractivity contribution is -0.0392. The molecule has 1 aliphatic heterocycles. The summed E-state index contributed by atoms with van der Waals surface area (Å²) in [4.78, 5) is 2.23. The van der Waals surface area contributed by atoms with Crippen molar-refractivity contribution in [3.63, 3.8) is 0 Å². The number of ether oxygens (including phenoxy) is 1. The number of nitrogens with zero attached hydrogens (tertiary/aromatic N) is 1. The van der Waals surface area contributed by atoms with Gasteiger partial charge in [-0.15, -0.1) is 0 Å². The Labute approximate surface area is 107 Å². The van der Waals surface area contributed by atoms with Gasteiger partial charge in [-0.25, -0.2) is 0 Å². The maximum absolute atomic E-state index is 9.77. The molecule has 2 rings (SSSR count). The molecule has 0 radical (unpaired) electrons. The van der Waals surface area contributed by atoms with Crippen LogP contribution in [0.25, 0.3) is 0 Å². The summed E-state index contributed by atoms with van der Waals surface area (Å²) in [6.45, 7) is 5.14. The fourth-order valence-corrected chi connectivity index (χ4v) is 2.65. The van der Waals surface area contributed by atoms with Crippen molar-refractivity contribution in [3.8, 4) is 0 Å². The number of hydrogen-bond acceptors (Lipinski definition) is 3. The Morgan fingerprint density at radius 3 is 2.59 bits per heavy atom. The molecule has 94 valence electrons. The molecule has 0 spiro atoms. The Morgan fingerprint density at radius 2 is 2.00 bits per heavy atom. The maximum atomic E-state index is 9.77. The molecule has 1 atom stereocenters. The lowest BCUT2D eigenvalue weighted by Gasteiger charge is -2.42. The van der Waals surface area contributed by atoms with Crippen LogP contribution < -0.4 is 0 Å². The van der Waals surface area contributed by atoms with Crippen molar-refractivity contribution in [1.29, 1.82) is 0 Å². The van der Waals surface area contributed by atoms with Gasteiger partial charge in [-0.3, -0.25) is 4.90 Å². The smallest absolute Gasteiger partial charge is 0.0681 e. The quantitative estimate of drug-likeness (QED) is 0.895. The Hall–Kier alpha value is -0.610. The first kappa shape index (κ1) is 12.8. The SMILES string of the molecule is C[C@@](CO)(c1ccccc1Cl)N1CCOCC1.